The lowest BCUT2D eigenvalue weighted by molar-refractivity contribution is -0.141. The molecule has 0 radical (unpaired) electrons. The van der Waals surface area contributed by atoms with E-state index in [0.29, 0.717) is 5.39 Å². The average molecular weight is 339 g/mol. The van der Waals surface area contributed by atoms with E-state index < -0.39 is 5.97 Å². The Balaban J connectivity index is 2.73. The average Bonchev–Trinajstić information content (AvgIpc) is 2.41. The third kappa shape index (κ3) is 2.75. The van der Waals surface area contributed by atoms with E-state index in [0.717, 1.165) is 20.2 Å². The number of ether oxygens (including phenoxy) is 1. The molecule has 0 aliphatic heterocycles. The van der Waals surface area contributed by atoms with Crippen LogP contribution in [0.3, 0.4) is 0 Å². The van der Waals surface area contributed by atoms with Crippen LogP contribution in [-0.4, -0.2) is 22.9 Å². The minimum absolute atomic E-state index is 0.135. The summed E-state index contributed by atoms with van der Waals surface area (Å²) in [5.41, 5.74) is 0.493. The monoisotopic (exact) mass is 338 g/mol. The lowest BCUT2D eigenvalue weighted by Gasteiger charge is -2.12. The zero-order chi connectivity index (χ0) is 14.9. The van der Waals surface area contributed by atoms with Crippen LogP contribution in [0.4, 0.5) is 0 Å². The van der Waals surface area contributed by atoms with E-state index in [1.54, 1.807) is 12.1 Å². The molecule has 0 N–H and O–H groups in total. The quantitative estimate of drug-likeness (QED) is 0.806. The van der Waals surface area contributed by atoms with Crippen LogP contribution >= 0.6 is 15.9 Å². The van der Waals surface area contributed by atoms with E-state index in [1.165, 1.54) is 7.11 Å². The molecule has 5 nitrogen and oxygen atoms in total. The summed E-state index contributed by atoms with van der Waals surface area (Å²) in [7, 11) is 1.29. The van der Waals surface area contributed by atoms with Crippen molar-refractivity contribution in [3.8, 4) is 0 Å². The Morgan fingerprint density at radius 2 is 2.10 bits per heavy atom. The maximum absolute atomic E-state index is 12.3. The third-order valence-corrected chi connectivity index (χ3v) is 3.50. The molecule has 1 heterocycles. The molecule has 2 aromatic rings. The molecule has 0 saturated heterocycles. The summed E-state index contributed by atoms with van der Waals surface area (Å²) in [4.78, 5) is 23.7. The van der Waals surface area contributed by atoms with Crippen molar-refractivity contribution in [3.63, 3.8) is 0 Å². The number of hydrogen-bond donors (Lipinski definition) is 0. The standard InChI is InChI=1S/C14H15BrN2O3/c1-8(2)13-11-6-9(15)4-5-10(11)14(19)17(16-13)7-12(18)20-3/h4-6,8H,7H2,1-3H3. The van der Waals surface area contributed by atoms with Gasteiger partial charge in [0.05, 0.1) is 18.2 Å². The number of nitrogens with zero attached hydrogens (tertiary/aromatic N) is 2. The van der Waals surface area contributed by atoms with Crippen LogP contribution < -0.4 is 5.56 Å². The molecule has 1 aromatic carbocycles. The minimum atomic E-state index is -0.495. The molecule has 0 fully saturated rings. The molecule has 6 heteroatoms. The Kier molecular flexibility index (Phi) is 4.23. The Hall–Kier alpha value is -1.69. The number of rotatable bonds is 3. The summed E-state index contributed by atoms with van der Waals surface area (Å²) < 4.78 is 6.65. The molecule has 0 spiro atoms. The number of benzene rings is 1. The summed E-state index contributed by atoms with van der Waals surface area (Å²) in [6.07, 6.45) is 0. The molecule has 0 amide bonds. The van der Waals surface area contributed by atoms with E-state index in [2.05, 4.69) is 25.8 Å². The zero-order valence-electron chi connectivity index (χ0n) is 11.5. The van der Waals surface area contributed by atoms with Gasteiger partial charge < -0.3 is 4.74 Å². The second kappa shape index (κ2) is 5.75. The Labute approximate surface area is 124 Å². The summed E-state index contributed by atoms with van der Waals surface area (Å²) in [5, 5.41) is 5.67. The third-order valence-electron chi connectivity index (χ3n) is 3.00. The van der Waals surface area contributed by atoms with Crippen molar-refractivity contribution in [2.75, 3.05) is 7.11 Å². The summed E-state index contributed by atoms with van der Waals surface area (Å²) in [6, 6.07) is 5.42. The first-order valence-electron chi connectivity index (χ1n) is 6.21. The van der Waals surface area contributed by atoms with Crippen LogP contribution in [0.25, 0.3) is 10.8 Å². The van der Waals surface area contributed by atoms with Crippen LogP contribution in [0.15, 0.2) is 27.5 Å². The molecule has 1 aromatic heterocycles. The highest BCUT2D eigenvalue weighted by molar-refractivity contribution is 9.10. The maximum Gasteiger partial charge on any atom is 0.327 e. The van der Waals surface area contributed by atoms with Gasteiger partial charge in [-0.05, 0) is 24.1 Å². The Bertz CT molecular complexity index is 722. The fourth-order valence-corrected chi connectivity index (χ4v) is 2.36. The minimum Gasteiger partial charge on any atom is -0.468 e. The summed E-state index contributed by atoms with van der Waals surface area (Å²) in [6.45, 7) is 3.81. The zero-order valence-corrected chi connectivity index (χ0v) is 13.1. The van der Waals surface area contributed by atoms with Crippen LogP contribution in [0.1, 0.15) is 25.5 Å². The number of aromatic nitrogens is 2. The van der Waals surface area contributed by atoms with Gasteiger partial charge in [-0.3, -0.25) is 9.59 Å². The number of fused-ring (bicyclic) bond motifs is 1. The SMILES string of the molecule is COC(=O)Cn1nc(C(C)C)c2cc(Br)ccc2c1=O. The lowest BCUT2D eigenvalue weighted by atomic mass is 10.0. The van der Waals surface area contributed by atoms with Gasteiger partial charge in [0.15, 0.2) is 0 Å². The first kappa shape index (κ1) is 14.7. The molecule has 0 aliphatic rings. The van der Waals surface area contributed by atoms with Crippen molar-refractivity contribution >= 4 is 32.7 Å². The molecule has 0 unspecified atom stereocenters. The molecule has 2 rings (SSSR count). The van der Waals surface area contributed by atoms with Crippen LogP contribution in [0.5, 0.6) is 0 Å². The van der Waals surface area contributed by atoms with Gasteiger partial charge in [-0.2, -0.15) is 5.10 Å². The maximum atomic E-state index is 12.3. The fourth-order valence-electron chi connectivity index (χ4n) is 2.00. The molecule has 0 saturated carbocycles. The lowest BCUT2D eigenvalue weighted by Crippen LogP contribution is -2.28. The highest BCUT2D eigenvalue weighted by Crippen LogP contribution is 2.24. The van der Waals surface area contributed by atoms with Gasteiger partial charge in [-0.25, -0.2) is 4.68 Å². The number of carbonyl (C=O) groups is 1. The molecule has 0 aliphatic carbocycles. The van der Waals surface area contributed by atoms with Gasteiger partial charge in [0.2, 0.25) is 0 Å². The van der Waals surface area contributed by atoms with Gasteiger partial charge in [-0.15, -0.1) is 0 Å². The van der Waals surface area contributed by atoms with E-state index in [1.807, 2.05) is 19.9 Å². The molecule has 0 atom stereocenters. The van der Waals surface area contributed by atoms with Crippen molar-refractivity contribution < 1.29 is 9.53 Å². The topological polar surface area (TPSA) is 61.2 Å². The van der Waals surface area contributed by atoms with Gasteiger partial charge in [0, 0.05) is 9.86 Å². The van der Waals surface area contributed by atoms with Gasteiger partial charge in [0.1, 0.15) is 6.54 Å². The highest BCUT2D eigenvalue weighted by atomic mass is 79.9. The molecular weight excluding hydrogens is 324 g/mol. The van der Waals surface area contributed by atoms with Crippen molar-refractivity contribution in [1.29, 1.82) is 0 Å². The normalized spacial score (nSPS) is 11.1. The number of halogens is 1. The van der Waals surface area contributed by atoms with E-state index in [-0.39, 0.29) is 18.0 Å². The van der Waals surface area contributed by atoms with E-state index in [4.69, 9.17) is 0 Å². The number of carbonyl (C=O) groups excluding carboxylic acids is 1. The van der Waals surface area contributed by atoms with Crippen LogP contribution in [-0.2, 0) is 16.1 Å². The van der Waals surface area contributed by atoms with Crippen LogP contribution in [0, 0.1) is 0 Å². The largest absolute Gasteiger partial charge is 0.468 e. The second-order valence-corrected chi connectivity index (χ2v) is 5.68. The molecule has 106 valence electrons. The first-order chi connectivity index (χ1) is 9.43. The molecule has 0 bridgehead atoms. The van der Waals surface area contributed by atoms with Gasteiger partial charge in [-0.1, -0.05) is 29.8 Å². The van der Waals surface area contributed by atoms with Gasteiger partial charge >= 0.3 is 5.97 Å². The molecule has 20 heavy (non-hydrogen) atoms. The van der Waals surface area contributed by atoms with Gasteiger partial charge in [0.25, 0.3) is 5.56 Å². The summed E-state index contributed by atoms with van der Waals surface area (Å²) in [5.74, 6) is -0.359. The Morgan fingerprint density at radius 3 is 2.70 bits per heavy atom. The first-order valence-corrected chi connectivity index (χ1v) is 7.00. The van der Waals surface area contributed by atoms with Crippen LogP contribution in [0.2, 0.25) is 0 Å². The fraction of sp³-hybridized carbons (Fsp3) is 0.357. The van der Waals surface area contributed by atoms with Crippen molar-refractivity contribution in [2.45, 2.75) is 26.3 Å². The molecular formula is C14H15BrN2O3. The second-order valence-electron chi connectivity index (χ2n) is 4.77. The summed E-state index contributed by atoms with van der Waals surface area (Å²) >= 11 is 3.40. The Morgan fingerprint density at radius 1 is 1.40 bits per heavy atom. The predicted octanol–water partition coefficient (Wildman–Crippen LogP) is 2.46. The number of esters is 1. The predicted molar refractivity (Wildman–Crippen MR) is 79.8 cm³/mol. The van der Waals surface area contributed by atoms with Crippen molar-refractivity contribution in [3.05, 3.63) is 38.7 Å². The van der Waals surface area contributed by atoms with E-state index in [9.17, 15) is 9.59 Å². The van der Waals surface area contributed by atoms with Crippen molar-refractivity contribution in [2.24, 2.45) is 0 Å². The smallest absolute Gasteiger partial charge is 0.327 e. The van der Waals surface area contributed by atoms with Crippen molar-refractivity contribution in [1.82, 2.24) is 9.78 Å². The highest BCUT2D eigenvalue weighted by Gasteiger charge is 2.15. The number of methoxy groups -OCH3 is 1. The van der Waals surface area contributed by atoms with E-state index >= 15 is 0 Å². The number of hydrogen-bond acceptors (Lipinski definition) is 4.